The van der Waals surface area contributed by atoms with E-state index in [4.69, 9.17) is 0 Å². The topological polar surface area (TPSA) is 54.5 Å². The molecule has 4 nitrogen and oxygen atoms in total. The van der Waals surface area contributed by atoms with E-state index in [0.29, 0.717) is 17.8 Å². The summed E-state index contributed by atoms with van der Waals surface area (Å²) in [6.45, 7) is 0.620. The Morgan fingerprint density at radius 2 is 1.91 bits per heavy atom. The quantitative estimate of drug-likeness (QED) is 0.724. The number of aromatic nitrogens is 3. The Morgan fingerprint density at radius 1 is 1.09 bits per heavy atom. The summed E-state index contributed by atoms with van der Waals surface area (Å²) in [4.78, 5) is 0. The molecule has 0 saturated carbocycles. The highest BCUT2D eigenvalue weighted by Crippen LogP contribution is 2.23. The largest absolute Gasteiger partial charge is 0.243 e. The van der Waals surface area contributed by atoms with Crippen molar-refractivity contribution in [3.05, 3.63) is 71.7 Å². The van der Waals surface area contributed by atoms with Gasteiger partial charge in [0.05, 0.1) is 0 Å². The van der Waals surface area contributed by atoms with Crippen LogP contribution in [0.15, 0.2) is 54.6 Å². The normalized spacial score (nSPS) is 10.4. The summed E-state index contributed by atoms with van der Waals surface area (Å²) in [7, 11) is 0. The first-order chi connectivity index (χ1) is 11.3. The molecule has 0 saturated heterocycles. The van der Waals surface area contributed by atoms with E-state index in [1.54, 1.807) is 16.8 Å². The number of hydrogen-bond acceptors (Lipinski definition) is 3. The Morgan fingerprint density at radius 3 is 2.65 bits per heavy atom. The first-order valence-electron chi connectivity index (χ1n) is 7.41. The molecule has 0 aliphatic carbocycles. The van der Waals surface area contributed by atoms with E-state index in [-0.39, 0.29) is 11.5 Å². The molecule has 1 aromatic heterocycles. The zero-order chi connectivity index (χ0) is 16.1. The number of aryl methyl sites for hydroxylation is 2. The molecule has 0 amide bonds. The third-order valence-electron chi connectivity index (χ3n) is 3.62. The second kappa shape index (κ2) is 6.84. The summed E-state index contributed by atoms with van der Waals surface area (Å²) in [5.74, 6) is -0.344. The lowest BCUT2D eigenvalue weighted by molar-refractivity contribution is 0.563. The molecule has 0 aliphatic rings. The lowest BCUT2D eigenvalue weighted by Crippen LogP contribution is -2.04. The molecule has 1 heterocycles. The molecule has 2 aromatic carbocycles. The van der Waals surface area contributed by atoms with Gasteiger partial charge in [-0.3, -0.25) is 0 Å². The molecule has 114 valence electrons. The van der Waals surface area contributed by atoms with Gasteiger partial charge < -0.3 is 0 Å². The maximum atomic E-state index is 13.5. The average molecular weight is 306 g/mol. The van der Waals surface area contributed by atoms with Crippen molar-refractivity contribution >= 4 is 0 Å². The van der Waals surface area contributed by atoms with Crippen LogP contribution in [0.1, 0.15) is 17.7 Å². The van der Waals surface area contributed by atoms with Crippen LogP contribution in [0.2, 0.25) is 0 Å². The van der Waals surface area contributed by atoms with Gasteiger partial charge in [0.1, 0.15) is 17.6 Å². The van der Waals surface area contributed by atoms with E-state index >= 15 is 0 Å². The predicted molar refractivity (Wildman–Crippen MR) is 84.9 cm³/mol. The molecule has 23 heavy (non-hydrogen) atoms. The zero-order valence-corrected chi connectivity index (χ0v) is 12.5. The first-order valence-corrected chi connectivity index (χ1v) is 7.41. The summed E-state index contributed by atoms with van der Waals surface area (Å²) in [5, 5.41) is 17.1. The number of hydrogen-bond donors (Lipinski definition) is 0. The lowest BCUT2D eigenvalue weighted by atomic mass is 10.1. The second-order valence-corrected chi connectivity index (χ2v) is 5.22. The van der Waals surface area contributed by atoms with E-state index in [1.165, 1.54) is 17.7 Å². The minimum atomic E-state index is -0.344. The fraction of sp³-hybridized carbons (Fsp3) is 0.167. The van der Waals surface area contributed by atoms with Crippen molar-refractivity contribution in [3.8, 4) is 17.3 Å². The van der Waals surface area contributed by atoms with Gasteiger partial charge >= 0.3 is 0 Å². The van der Waals surface area contributed by atoms with Gasteiger partial charge in [-0.1, -0.05) is 47.7 Å². The maximum absolute atomic E-state index is 13.5. The van der Waals surface area contributed by atoms with Gasteiger partial charge in [-0.25, -0.2) is 9.07 Å². The summed E-state index contributed by atoms with van der Waals surface area (Å²) in [5.41, 5.74) is 2.65. The Hall–Kier alpha value is -3.00. The van der Waals surface area contributed by atoms with Gasteiger partial charge in [-0.2, -0.15) is 5.26 Å². The van der Waals surface area contributed by atoms with Gasteiger partial charge in [0.25, 0.3) is 0 Å². The lowest BCUT2D eigenvalue weighted by Gasteiger charge is -2.07. The number of nitriles is 1. The van der Waals surface area contributed by atoms with Crippen LogP contribution in [-0.4, -0.2) is 15.0 Å². The fourth-order valence-electron chi connectivity index (χ4n) is 2.54. The molecule has 5 heteroatoms. The minimum absolute atomic E-state index is 0.218. The molecule has 0 bridgehead atoms. The summed E-state index contributed by atoms with van der Waals surface area (Å²) in [6, 6.07) is 18.3. The molecule has 0 aliphatic heterocycles. The van der Waals surface area contributed by atoms with Crippen molar-refractivity contribution in [2.24, 2.45) is 0 Å². The van der Waals surface area contributed by atoms with Crippen LogP contribution in [0.5, 0.6) is 0 Å². The molecule has 0 spiro atoms. The molecule has 0 atom stereocenters. The second-order valence-electron chi connectivity index (χ2n) is 5.22. The van der Waals surface area contributed by atoms with E-state index in [0.717, 1.165) is 12.8 Å². The van der Waals surface area contributed by atoms with Crippen LogP contribution in [0.4, 0.5) is 4.39 Å². The van der Waals surface area contributed by atoms with Crippen LogP contribution in [0.25, 0.3) is 11.3 Å². The van der Waals surface area contributed by atoms with Gasteiger partial charge in [0.15, 0.2) is 5.69 Å². The Kier molecular flexibility index (Phi) is 4.44. The van der Waals surface area contributed by atoms with E-state index in [9.17, 15) is 9.65 Å². The van der Waals surface area contributed by atoms with Crippen molar-refractivity contribution in [2.75, 3.05) is 0 Å². The molecule has 0 unspecified atom stereocenters. The van der Waals surface area contributed by atoms with E-state index in [1.807, 2.05) is 24.3 Å². The number of rotatable bonds is 5. The summed E-state index contributed by atoms with van der Waals surface area (Å²) < 4.78 is 15.1. The highest BCUT2D eigenvalue weighted by atomic mass is 19.1. The number of benzene rings is 2. The molecule has 0 fully saturated rings. The first kappa shape index (κ1) is 14.9. The van der Waals surface area contributed by atoms with E-state index < -0.39 is 0 Å². The fourth-order valence-corrected chi connectivity index (χ4v) is 2.54. The highest BCUT2D eigenvalue weighted by Gasteiger charge is 2.15. The smallest absolute Gasteiger partial charge is 0.190 e. The van der Waals surface area contributed by atoms with Crippen LogP contribution in [-0.2, 0) is 13.0 Å². The van der Waals surface area contributed by atoms with Crippen LogP contribution >= 0.6 is 0 Å². The predicted octanol–water partition coefficient (Wildman–Crippen LogP) is 3.59. The van der Waals surface area contributed by atoms with Gasteiger partial charge in [-0.05, 0) is 30.5 Å². The molecular weight excluding hydrogens is 291 g/mol. The summed E-state index contributed by atoms with van der Waals surface area (Å²) >= 11 is 0. The number of halogens is 1. The Labute approximate surface area is 133 Å². The van der Waals surface area contributed by atoms with Crippen LogP contribution in [0.3, 0.4) is 0 Å². The molecule has 0 radical (unpaired) electrons. The summed E-state index contributed by atoms with van der Waals surface area (Å²) in [6.07, 6.45) is 1.77. The van der Waals surface area contributed by atoms with Gasteiger partial charge in [0.2, 0.25) is 0 Å². The van der Waals surface area contributed by atoms with Crippen molar-refractivity contribution in [1.82, 2.24) is 15.0 Å². The highest BCUT2D eigenvalue weighted by molar-refractivity contribution is 5.64. The monoisotopic (exact) mass is 306 g/mol. The third kappa shape index (κ3) is 3.43. The molecular formula is C18H15FN4. The molecule has 3 aromatic rings. The van der Waals surface area contributed by atoms with E-state index in [2.05, 4.69) is 22.4 Å². The Bertz CT molecular complexity index is 834. The molecule has 3 rings (SSSR count). The minimum Gasteiger partial charge on any atom is -0.243 e. The average Bonchev–Trinajstić information content (AvgIpc) is 2.99. The van der Waals surface area contributed by atoms with Crippen molar-refractivity contribution in [3.63, 3.8) is 0 Å². The van der Waals surface area contributed by atoms with Crippen molar-refractivity contribution < 1.29 is 4.39 Å². The van der Waals surface area contributed by atoms with Gasteiger partial charge in [0, 0.05) is 12.1 Å². The van der Waals surface area contributed by atoms with Crippen LogP contribution < -0.4 is 0 Å². The number of nitrogens with zero attached hydrogens (tertiary/aromatic N) is 4. The third-order valence-corrected chi connectivity index (χ3v) is 3.62. The maximum Gasteiger partial charge on any atom is 0.190 e. The van der Waals surface area contributed by atoms with Gasteiger partial charge in [-0.15, -0.1) is 5.10 Å². The molecule has 0 N–H and O–H groups in total. The Balaban J connectivity index is 1.80. The SMILES string of the molecule is N#Cc1nnn(CCCc2ccccc2)c1-c1cccc(F)c1. The van der Waals surface area contributed by atoms with Crippen molar-refractivity contribution in [1.29, 1.82) is 5.26 Å². The standard InChI is InChI=1S/C18H15FN4/c19-16-10-4-9-15(12-16)18-17(13-20)21-22-23(18)11-5-8-14-6-2-1-3-7-14/h1-4,6-7,9-10,12H,5,8,11H2. The van der Waals surface area contributed by atoms with Crippen molar-refractivity contribution in [2.45, 2.75) is 19.4 Å². The zero-order valence-electron chi connectivity index (χ0n) is 12.5. The van der Waals surface area contributed by atoms with Crippen LogP contribution in [0, 0.1) is 17.1 Å².